The Bertz CT molecular complexity index is 1030. The van der Waals surface area contributed by atoms with Gasteiger partial charge in [0, 0.05) is 32.1 Å². The third kappa shape index (κ3) is 5.48. The Kier molecular flexibility index (Phi) is 6.88. The van der Waals surface area contributed by atoms with Crippen LogP contribution in [0.2, 0.25) is 0 Å². The summed E-state index contributed by atoms with van der Waals surface area (Å²) in [7, 11) is 1.66. The van der Waals surface area contributed by atoms with Gasteiger partial charge in [0.1, 0.15) is 23.3 Å². The minimum Gasteiger partial charge on any atom is -0.497 e. The number of amides is 2. The molecule has 0 spiro atoms. The average molecular weight is 454 g/mol. The zero-order chi connectivity index (χ0) is 23.4. The number of halogens is 1. The van der Waals surface area contributed by atoms with E-state index >= 15 is 0 Å². The highest BCUT2D eigenvalue weighted by atomic mass is 19.1. The molecule has 2 heterocycles. The van der Waals surface area contributed by atoms with Gasteiger partial charge in [-0.3, -0.25) is 19.5 Å². The van der Waals surface area contributed by atoms with Gasteiger partial charge in [-0.15, -0.1) is 0 Å². The van der Waals surface area contributed by atoms with E-state index in [2.05, 4.69) is 21.4 Å². The minimum absolute atomic E-state index is 0.0358. The second kappa shape index (κ2) is 9.99. The largest absolute Gasteiger partial charge is 0.497 e. The molecule has 2 aliphatic heterocycles. The quantitative estimate of drug-likeness (QED) is 0.668. The standard InChI is InChI=1S/C24H28FN5O3/c1-33-20-4-2-3-16(13-20)15-29-11-9-18(10-12-29)27-24(32)21-14-22(23(26)31)30(28-21)19-7-5-17(25)6-8-19/h2-8,13,18,22H,9-12,14-15H2,1H3,(H2,26,31)(H,27,32). The van der Waals surface area contributed by atoms with Crippen molar-refractivity contribution in [2.45, 2.75) is 37.9 Å². The minimum atomic E-state index is -0.777. The summed E-state index contributed by atoms with van der Waals surface area (Å²) in [5.41, 5.74) is 7.48. The number of piperidine rings is 1. The molecule has 2 aromatic carbocycles. The average Bonchev–Trinajstić information content (AvgIpc) is 3.27. The van der Waals surface area contributed by atoms with Crippen LogP contribution >= 0.6 is 0 Å². The van der Waals surface area contributed by atoms with E-state index in [0.717, 1.165) is 38.2 Å². The van der Waals surface area contributed by atoms with Gasteiger partial charge >= 0.3 is 0 Å². The first-order valence-electron chi connectivity index (χ1n) is 11.0. The molecule has 3 N–H and O–H groups in total. The van der Waals surface area contributed by atoms with Gasteiger partial charge in [0.25, 0.3) is 5.91 Å². The van der Waals surface area contributed by atoms with E-state index in [1.165, 1.54) is 34.8 Å². The maximum Gasteiger partial charge on any atom is 0.267 e. The molecule has 0 bridgehead atoms. The summed E-state index contributed by atoms with van der Waals surface area (Å²) in [4.78, 5) is 27.1. The number of benzene rings is 2. The summed E-state index contributed by atoms with van der Waals surface area (Å²) in [6, 6.07) is 12.9. The first-order chi connectivity index (χ1) is 15.9. The van der Waals surface area contributed by atoms with Crippen LogP contribution in [0.25, 0.3) is 0 Å². The second-order valence-corrected chi connectivity index (χ2v) is 8.37. The Hall–Kier alpha value is -3.46. The van der Waals surface area contributed by atoms with Crippen molar-refractivity contribution in [3.63, 3.8) is 0 Å². The van der Waals surface area contributed by atoms with Crippen LogP contribution in [0.15, 0.2) is 53.6 Å². The lowest BCUT2D eigenvalue weighted by molar-refractivity contribution is -0.119. The van der Waals surface area contributed by atoms with Crippen molar-refractivity contribution >= 4 is 23.2 Å². The van der Waals surface area contributed by atoms with Crippen LogP contribution in [0.1, 0.15) is 24.8 Å². The van der Waals surface area contributed by atoms with Gasteiger partial charge in [-0.25, -0.2) is 4.39 Å². The monoisotopic (exact) mass is 453 g/mol. The predicted molar refractivity (Wildman–Crippen MR) is 123 cm³/mol. The summed E-state index contributed by atoms with van der Waals surface area (Å²) in [5, 5.41) is 8.78. The molecular formula is C24H28FN5O3. The molecule has 2 aromatic rings. The van der Waals surface area contributed by atoms with E-state index in [9.17, 15) is 14.0 Å². The summed E-state index contributed by atoms with van der Waals surface area (Å²) < 4.78 is 18.5. The van der Waals surface area contributed by atoms with Crippen molar-refractivity contribution < 1.29 is 18.7 Å². The molecule has 174 valence electrons. The molecule has 9 heteroatoms. The topological polar surface area (TPSA) is 100 Å². The number of methoxy groups -OCH3 is 1. The molecule has 1 fully saturated rings. The number of nitrogens with zero attached hydrogens (tertiary/aromatic N) is 3. The van der Waals surface area contributed by atoms with Crippen LogP contribution in [0.3, 0.4) is 0 Å². The molecule has 8 nitrogen and oxygen atoms in total. The van der Waals surface area contributed by atoms with E-state index in [0.29, 0.717) is 5.69 Å². The SMILES string of the molecule is COc1cccc(CN2CCC(NC(=O)C3=NN(c4ccc(F)cc4)C(C(N)=O)C3)CC2)c1. The number of anilines is 1. The lowest BCUT2D eigenvalue weighted by Gasteiger charge is -2.32. The number of hydrogen-bond donors (Lipinski definition) is 2. The number of primary amides is 1. The molecule has 0 radical (unpaired) electrons. The van der Waals surface area contributed by atoms with Gasteiger partial charge in [-0.1, -0.05) is 12.1 Å². The number of carbonyl (C=O) groups excluding carboxylic acids is 2. The first kappa shape index (κ1) is 22.7. The lowest BCUT2D eigenvalue weighted by atomic mass is 10.0. The van der Waals surface area contributed by atoms with Crippen molar-refractivity contribution in [1.82, 2.24) is 10.2 Å². The smallest absolute Gasteiger partial charge is 0.267 e. The normalized spacial score (nSPS) is 19.3. The summed E-state index contributed by atoms with van der Waals surface area (Å²) in [5.74, 6) is -0.432. The second-order valence-electron chi connectivity index (χ2n) is 8.37. The Labute approximate surface area is 192 Å². The number of carbonyl (C=O) groups is 2. The Balaban J connectivity index is 1.33. The van der Waals surface area contributed by atoms with Gasteiger partial charge in [-0.2, -0.15) is 5.10 Å². The fourth-order valence-electron chi connectivity index (χ4n) is 4.23. The molecular weight excluding hydrogens is 425 g/mol. The van der Waals surface area contributed by atoms with Crippen molar-refractivity contribution in [3.8, 4) is 5.75 Å². The fraction of sp³-hybridized carbons (Fsp3) is 0.375. The first-order valence-corrected chi connectivity index (χ1v) is 11.0. The number of rotatable bonds is 7. The summed E-state index contributed by atoms with van der Waals surface area (Å²) in [6.45, 7) is 2.55. The zero-order valence-electron chi connectivity index (χ0n) is 18.5. The highest BCUT2D eigenvalue weighted by Crippen LogP contribution is 2.25. The van der Waals surface area contributed by atoms with E-state index < -0.39 is 17.8 Å². The molecule has 2 aliphatic rings. The van der Waals surface area contributed by atoms with Crippen LogP contribution in [0, 0.1) is 5.82 Å². The van der Waals surface area contributed by atoms with Crippen molar-refractivity contribution in [2.75, 3.05) is 25.2 Å². The van der Waals surface area contributed by atoms with Crippen LogP contribution in [0.5, 0.6) is 5.75 Å². The van der Waals surface area contributed by atoms with Crippen molar-refractivity contribution in [1.29, 1.82) is 0 Å². The third-order valence-electron chi connectivity index (χ3n) is 6.06. The van der Waals surface area contributed by atoms with E-state index in [4.69, 9.17) is 10.5 Å². The van der Waals surface area contributed by atoms with Gasteiger partial charge < -0.3 is 15.8 Å². The number of hydrogen-bond acceptors (Lipinski definition) is 6. The van der Waals surface area contributed by atoms with E-state index in [-0.39, 0.29) is 24.1 Å². The number of nitrogens with one attached hydrogen (secondary N) is 1. The molecule has 2 amide bonds. The molecule has 0 aromatic heterocycles. The van der Waals surface area contributed by atoms with Crippen LogP contribution in [0.4, 0.5) is 10.1 Å². The maximum atomic E-state index is 13.3. The number of nitrogens with two attached hydrogens (primary N) is 1. The Morgan fingerprint density at radius 2 is 1.91 bits per heavy atom. The van der Waals surface area contributed by atoms with Crippen LogP contribution < -0.4 is 20.8 Å². The maximum absolute atomic E-state index is 13.3. The highest BCUT2D eigenvalue weighted by Gasteiger charge is 2.35. The van der Waals surface area contributed by atoms with Gasteiger partial charge in [0.05, 0.1) is 12.8 Å². The van der Waals surface area contributed by atoms with Gasteiger partial charge in [0.2, 0.25) is 5.91 Å². The van der Waals surface area contributed by atoms with Gasteiger partial charge in [-0.05, 0) is 54.8 Å². The van der Waals surface area contributed by atoms with Crippen molar-refractivity contribution in [2.24, 2.45) is 10.8 Å². The van der Waals surface area contributed by atoms with Gasteiger partial charge in [0.15, 0.2) is 0 Å². The predicted octanol–water partition coefficient (Wildman–Crippen LogP) is 2.04. The van der Waals surface area contributed by atoms with E-state index in [1.54, 1.807) is 7.11 Å². The van der Waals surface area contributed by atoms with Crippen molar-refractivity contribution in [3.05, 3.63) is 59.9 Å². The fourth-order valence-corrected chi connectivity index (χ4v) is 4.23. The van der Waals surface area contributed by atoms with E-state index in [1.807, 2.05) is 18.2 Å². The molecule has 4 rings (SSSR count). The summed E-state index contributed by atoms with van der Waals surface area (Å²) in [6.07, 6.45) is 1.76. The molecule has 1 saturated heterocycles. The molecule has 1 unspecified atom stereocenters. The molecule has 33 heavy (non-hydrogen) atoms. The highest BCUT2D eigenvalue weighted by molar-refractivity contribution is 6.40. The zero-order valence-corrected chi connectivity index (χ0v) is 18.5. The number of hydrazone groups is 1. The Morgan fingerprint density at radius 1 is 1.18 bits per heavy atom. The number of likely N-dealkylation sites (tertiary alicyclic amines) is 1. The molecule has 1 atom stereocenters. The Morgan fingerprint density at radius 3 is 2.58 bits per heavy atom. The number of ether oxygens (including phenoxy) is 1. The van der Waals surface area contributed by atoms with Crippen LogP contribution in [-0.4, -0.2) is 54.7 Å². The molecule has 0 saturated carbocycles. The lowest BCUT2D eigenvalue weighted by Crippen LogP contribution is -2.46. The third-order valence-corrected chi connectivity index (χ3v) is 6.06. The summed E-state index contributed by atoms with van der Waals surface area (Å²) >= 11 is 0. The van der Waals surface area contributed by atoms with Crippen LogP contribution in [-0.2, 0) is 16.1 Å². The molecule has 0 aliphatic carbocycles.